The molecule has 2 aromatic carbocycles. The maximum Gasteiger partial charge on any atom is 0.244 e. The molecule has 0 bridgehead atoms. The number of sulfonamides is 1. The Kier molecular flexibility index (Phi) is 4.31. The van der Waals surface area contributed by atoms with Gasteiger partial charge in [0.05, 0.1) is 0 Å². The van der Waals surface area contributed by atoms with E-state index in [1.807, 2.05) is 6.07 Å². The topological polar surface area (TPSA) is 66.4 Å². The highest BCUT2D eigenvalue weighted by Gasteiger charge is 2.34. The predicted octanol–water partition coefficient (Wildman–Crippen LogP) is 3.41. The zero-order chi connectivity index (χ0) is 16.6. The Morgan fingerprint density at radius 1 is 1.17 bits per heavy atom. The van der Waals surface area contributed by atoms with Gasteiger partial charge in [-0.1, -0.05) is 23.7 Å². The summed E-state index contributed by atoms with van der Waals surface area (Å²) in [5, 5.41) is 9.95. The zero-order valence-corrected chi connectivity index (χ0v) is 13.6. The van der Waals surface area contributed by atoms with E-state index in [2.05, 4.69) is 4.72 Å². The van der Waals surface area contributed by atoms with Crippen molar-refractivity contribution in [3.63, 3.8) is 0 Å². The molecule has 1 saturated carbocycles. The summed E-state index contributed by atoms with van der Waals surface area (Å²) in [6.45, 7) is 0. The fraction of sp³-hybridized carbons (Fsp3) is 0.250. The van der Waals surface area contributed by atoms with E-state index >= 15 is 0 Å². The van der Waals surface area contributed by atoms with Crippen molar-refractivity contribution in [1.82, 2.24) is 4.72 Å². The number of benzene rings is 2. The van der Waals surface area contributed by atoms with Crippen LogP contribution in [0, 0.1) is 5.82 Å². The monoisotopic (exact) mass is 355 g/mol. The average Bonchev–Trinajstić information content (AvgIpc) is 2.45. The van der Waals surface area contributed by atoms with Crippen molar-refractivity contribution in [2.45, 2.75) is 29.7 Å². The number of phenolic OH excluding ortho intramolecular Hbond substituents is 1. The highest BCUT2D eigenvalue weighted by atomic mass is 35.5. The second-order valence-electron chi connectivity index (χ2n) is 5.65. The lowest BCUT2D eigenvalue weighted by Gasteiger charge is -2.36. The Balaban J connectivity index is 1.68. The van der Waals surface area contributed by atoms with Crippen molar-refractivity contribution in [2.24, 2.45) is 0 Å². The maximum atomic E-state index is 13.2. The molecule has 1 aliphatic carbocycles. The van der Waals surface area contributed by atoms with Crippen molar-refractivity contribution in [3.05, 3.63) is 58.9 Å². The number of hydrogen-bond donors (Lipinski definition) is 2. The van der Waals surface area contributed by atoms with Gasteiger partial charge in [0.25, 0.3) is 0 Å². The summed E-state index contributed by atoms with van der Waals surface area (Å²) in [5.74, 6) is -0.510. The predicted molar refractivity (Wildman–Crippen MR) is 85.6 cm³/mol. The molecule has 2 N–H and O–H groups in total. The van der Waals surface area contributed by atoms with E-state index in [1.165, 1.54) is 30.3 Å². The summed E-state index contributed by atoms with van der Waals surface area (Å²) < 4.78 is 40.4. The van der Waals surface area contributed by atoms with Crippen LogP contribution in [-0.4, -0.2) is 19.6 Å². The molecule has 0 unspecified atom stereocenters. The van der Waals surface area contributed by atoms with Crippen LogP contribution in [0.5, 0.6) is 5.75 Å². The number of rotatable bonds is 4. The lowest BCUT2D eigenvalue weighted by atomic mass is 9.76. The number of halogens is 2. The number of nitrogens with one attached hydrogen (secondary N) is 1. The van der Waals surface area contributed by atoms with Crippen molar-refractivity contribution < 1.29 is 17.9 Å². The van der Waals surface area contributed by atoms with Crippen LogP contribution >= 0.6 is 11.6 Å². The van der Waals surface area contributed by atoms with Crippen LogP contribution in [0.1, 0.15) is 24.3 Å². The minimum Gasteiger partial charge on any atom is -0.507 e. The molecular weight excluding hydrogens is 341 g/mol. The minimum atomic E-state index is -3.85. The van der Waals surface area contributed by atoms with E-state index in [4.69, 9.17) is 11.6 Å². The molecule has 3 rings (SSSR count). The van der Waals surface area contributed by atoms with Gasteiger partial charge in [0.1, 0.15) is 16.5 Å². The third kappa shape index (κ3) is 3.49. The summed E-state index contributed by atoms with van der Waals surface area (Å²) >= 11 is 5.79. The molecule has 0 heterocycles. The molecule has 0 aliphatic heterocycles. The Morgan fingerprint density at radius 3 is 2.61 bits per heavy atom. The van der Waals surface area contributed by atoms with E-state index < -0.39 is 10.0 Å². The van der Waals surface area contributed by atoms with Crippen LogP contribution < -0.4 is 4.72 Å². The van der Waals surface area contributed by atoms with Gasteiger partial charge in [-0.05, 0) is 54.7 Å². The van der Waals surface area contributed by atoms with Crippen LogP contribution in [-0.2, 0) is 10.0 Å². The third-order valence-electron chi connectivity index (χ3n) is 3.99. The highest BCUT2D eigenvalue weighted by Crippen LogP contribution is 2.38. The van der Waals surface area contributed by atoms with Gasteiger partial charge in [0.15, 0.2) is 0 Å². The lowest BCUT2D eigenvalue weighted by Crippen LogP contribution is -2.43. The highest BCUT2D eigenvalue weighted by molar-refractivity contribution is 7.89. The summed E-state index contributed by atoms with van der Waals surface area (Å²) in [5.41, 5.74) is 0.867. The molecule has 4 nitrogen and oxygen atoms in total. The molecule has 0 atom stereocenters. The van der Waals surface area contributed by atoms with Crippen LogP contribution in [0.4, 0.5) is 4.39 Å². The summed E-state index contributed by atoms with van der Waals surface area (Å²) in [4.78, 5) is -0.237. The smallest absolute Gasteiger partial charge is 0.244 e. The SMILES string of the molecule is O=S(=O)(NC1CC(c2cccc(F)c2)C1)c1cc(Cl)ccc1O. The van der Waals surface area contributed by atoms with Gasteiger partial charge < -0.3 is 5.11 Å². The molecule has 2 aromatic rings. The average molecular weight is 356 g/mol. The Bertz CT molecular complexity index is 835. The zero-order valence-electron chi connectivity index (χ0n) is 12.0. The first kappa shape index (κ1) is 16.2. The quantitative estimate of drug-likeness (QED) is 0.883. The number of phenols is 1. The van der Waals surface area contributed by atoms with Crippen LogP contribution in [0.15, 0.2) is 47.4 Å². The maximum absolute atomic E-state index is 13.2. The third-order valence-corrected chi connectivity index (χ3v) is 5.78. The van der Waals surface area contributed by atoms with Gasteiger partial charge in [0, 0.05) is 11.1 Å². The molecule has 1 aliphatic rings. The standard InChI is InChI=1S/C16H15ClFNO3S/c17-12-4-5-15(20)16(9-12)23(21,22)19-14-7-11(8-14)10-2-1-3-13(18)6-10/h1-6,9,11,14,19-20H,7-8H2. The van der Waals surface area contributed by atoms with Crippen molar-refractivity contribution in [3.8, 4) is 5.75 Å². The van der Waals surface area contributed by atoms with Crippen molar-refractivity contribution in [2.75, 3.05) is 0 Å². The molecule has 0 aromatic heterocycles. The first-order valence-electron chi connectivity index (χ1n) is 7.11. The van der Waals surface area contributed by atoms with E-state index in [-0.39, 0.29) is 33.4 Å². The molecule has 23 heavy (non-hydrogen) atoms. The summed E-state index contributed by atoms with van der Waals surface area (Å²) in [7, 11) is -3.85. The van der Waals surface area contributed by atoms with Gasteiger partial charge in [0.2, 0.25) is 10.0 Å². The second kappa shape index (κ2) is 6.11. The van der Waals surface area contributed by atoms with Gasteiger partial charge in [-0.15, -0.1) is 0 Å². The molecular formula is C16H15ClFNO3S. The van der Waals surface area contributed by atoms with Gasteiger partial charge in [-0.25, -0.2) is 17.5 Å². The van der Waals surface area contributed by atoms with E-state index in [0.29, 0.717) is 12.8 Å². The largest absolute Gasteiger partial charge is 0.507 e. The van der Waals surface area contributed by atoms with Gasteiger partial charge in [-0.2, -0.15) is 0 Å². The van der Waals surface area contributed by atoms with Crippen molar-refractivity contribution >= 4 is 21.6 Å². The second-order valence-corrected chi connectivity index (χ2v) is 7.77. The van der Waals surface area contributed by atoms with Crippen LogP contribution in [0.3, 0.4) is 0 Å². The normalized spacial score (nSPS) is 21.0. The molecule has 1 fully saturated rings. The van der Waals surface area contributed by atoms with E-state index in [9.17, 15) is 17.9 Å². The Hall–Kier alpha value is -1.63. The summed E-state index contributed by atoms with van der Waals surface area (Å²) in [6, 6.07) is 9.95. The Morgan fingerprint density at radius 2 is 1.91 bits per heavy atom. The molecule has 0 radical (unpaired) electrons. The first-order valence-corrected chi connectivity index (χ1v) is 8.97. The Labute approximate surface area is 139 Å². The van der Waals surface area contributed by atoms with Crippen LogP contribution in [0.25, 0.3) is 0 Å². The molecule has 0 spiro atoms. The number of hydrogen-bond acceptors (Lipinski definition) is 3. The molecule has 7 heteroatoms. The molecule has 0 saturated heterocycles. The van der Waals surface area contributed by atoms with Crippen molar-refractivity contribution in [1.29, 1.82) is 0 Å². The van der Waals surface area contributed by atoms with E-state index in [1.54, 1.807) is 6.07 Å². The fourth-order valence-corrected chi connectivity index (χ4v) is 4.35. The van der Waals surface area contributed by atoms with Gasteiger partial charge >= 0.3 is 0 Å². The number of aromatic hydroxyl groups is 1. The van der Waals surface area contributed by atoms with Gasteiger partial charge in [-0.3, -0.25) is 0 Å². The minimum absolute atomic E-state index is 0.131. The molecule has 0 amide bonds. The lowest BCUT2D eigenvalue weighted by molar-refractivity contribution is 0.325. The first-order chi connectivity index (χ1) is 10.8. The summed E-state index contributed by atoms with van der Waals surface area (Å²) in [6.07, 6.45) is 1.17. The van der Waals surface area contributed by atoms with E-state index in [0.717, 1.165) is 5.56 Å². The molecule has 122 valence electrons. The fourth-order valence-electron chi connectivity index (χ4n) is 2.73. The van der Waals surface area contributed by atoms with Crippen LogP contribution in [0.2, 0.25) is 5.02 Å².